The highest BCUT2D eigenvalue weighted by molar-refractivity contribution is 6.30. The van der Waals surface area contributed by atoms with Gasteiger partial charge in [0.05, 0.1) is 0 Å². The molecule has 128 valence electrons. The van der Waals surface area contributed by atoms with Gasteiger partial charge in [-0.3, -0.25) is 9.59 Å². The summed E-state index contributed by atoms with van der Waals surface area (Å²) in [5, 5.41) is 3.59. The van der Waals surface area contributed by atoms with Gasteiger partial charge in [-0.05, 0) is 30.5 Å². The highest BCUT2D eigenvalue weighted by atomic mass is 35.5. The minimum Gasteiger partial charge on any atom is -0.354 e. The van der Waals surface area contributed by atoms with Crippen LogP contribution in [0.4, 0.5) is 0 Å². The van der Waals surface area contributed by atoms with Gasteiger partial charge in [-0.2, -0.15) is 0 Å². The average Bonchev–Trinajstić information content (AvgIpc) is 2.56. The summed E-state index contributed by atoms with van der Waals surface area (Å²) in [6.07, 6.45) is 2.95. The number of hydrogen-bond donors (Lipinski definition) is 1. The van der Waals surface area contributed by atoms with Gasteiger partial charge in [-0.15, -0.1) is 0 Å². The lowest BCUT2D eigenvalue weighted by molar-refractivity contribution is -0.141. The molecule has 0 saturated carbocycles. The smallest absolute Gasteiger partial charge is 0.242 e. The SMILES string of the molecule is CCCCNC(=O)[C@@H](CC)N(Cc1ccc(Cl)cc1)C(=O)CC. The van der Waals surface area contributed by atoms with Crippen LogP contribution in [0.1, 0.15) is 52.0 Å². The Morgan fingerprint density at radius 2 is 1.83 bits per heavy atom. The summed E-state index contributed by atoms with van der Waals surface area (Å²) < 4.78 is 0. The minimum atomic E-state index is -0.435. The number of unbranched alkanes of at least 4 members (excludes halogenated alkanes) is 1. The van der Waals surface area contributed by atoms with E-state index in [-0.39, 0.29) is 11.8 Å². The maximum atomic E-state index is 12.4. The molecule has 0 bridgehead atoms. The molecule has 0 saturated heterocycles. The Labute approximate surface area is 144 Å². The zero-order valence-corrected chi connectivity index (χ0v) is 15.0. The van der Waals surface area contributed by atoms with E-state index in [9.17, 15) is 9.59 Å². The number of halogens is 1. The van der Waals surface area contributed by atoms with Crippen molar-refractivity contribution in [1.82, 2.24) is 10.2 Å². The fourth-order valence-corrected chi connectivity index (χ4v) is 2.54. The van der Waals surface area contributed by atoms with E-state index < -0.39 is 6.04 Å². The quantitative estimate of drug-likeness (QED) is 0.697. The van der Waals surface area contributed by atoms with Crippen LogP contribution in [0.5, 0.6) is 0 Å². The molecule has 0 heterocycles. The third-order valence-electron chi connectivity index (χ3n) is 3.78. The molecule has 5 heteroatoms. The average molecular weight is 339 g/mol. The molecule has 1 rings (SSSR count). The van der Waals surface area contributed by atoms with E-state index >= 15 is 0 Å². The van der Waals surface area contributed by atoms with Crippen LogP contribution in [0, 0.1) is 0 Å². The number of carbonyl (C=O) groups excluding carboxylic acids is 2. The van der Waals surface area contributed by atoms with Crippen LogP contribution in [0.2, 0.25) is 5.02 Å². The molecule has 2 amide bonds. The third-order valence-corrected chi connectivity index (χ3v) is 4.04. The first-order chi connectivity index (χ1) is 11.0. The molecule has 1 aromatic carbocycles. The normalized spacial score (nSPS) is 11.8. The van der Waals surface area contributed by atoms with E-state index in [1.807, 2.05) is 26.0 Å². The molecule has 1 atom stereocenters. The Morgan fingerprint density at radius 1 is 1.17 bits per heavy atom. The van der Waals surface area contributed by atoms with Crippen LogP contribution in [0.25, 0.3) is 0 Å². The highest BCUT2D eigenvalue weighted by Crippen LogP contribution is 2.16. The Kier molecular flexibility index (Phi) is 8.70. The largest absolute Gasteiger partial charge is 0.354 e. The molecule has 0 aliphatic heterocycles. The zero-order chi connectivity index (χ0) is 17.2. The molecule has 1 N–H and O–H groups in total. The number of hydrogen-bond acceptors (Lipinski definition) is 2. The summed E-state index contributed by atoms with van der Waals surface area (Å²) >= 11 is 5.90. The first-order valence-corrected chi connectivity index (χ1v) is 8.72. The second-order valence-corrected chi connectivity index (χ2v) is 6.01. The van der Waals surface area contributed by atoms with Gasteiger partial charge in [-0.1, -0.05) is 50.9 Å². The summed E-state index contributed by atoms with van der Waals surface area (Å²) in [4.78, 5) is 26.4. The van der Waals surface area contributed by atoms with Crippen molar-refractivity contribution in [3.8, 4) is 0 Å². The molecule has 0 spiro atoms. The first kappa shape index (κ1) is 19.5. The summed E-state index contributed by atoms with van der Waals surface area (Å²) in [6.45, 7) is 6.90. The molecule has 4 nitrogen and oxygen atoms in total. The van der Waals surface area contributed by atoms with Crippen LogP contribution in [0.15, 0.2) is 24.3 Å². The Hall–Kier alpha value is -1.55. The lowest BCUT2D eigenvalue weighted by Crippen LogP contribution is -2.49. The Morgan fingerprint density at radius 3 is 2.35 bits per heavy atom. The maximum absolute atomic E-state index is 12.4. The molecular weight excluding hydrogens is 312 g/mol. The molecule has 0 aliphatic carbocycles. The van der Waals surface area contributed by atoms with Crippen molar-refractivity contribution in [1.29, 1.82) is 0 Å². The fraction of sp³-hybridized carbons (Fsp3) is 0.556. The number of carbonyl (C=O) groups is 2. The lowest BCUT2D eigenvalue weighted by atomic mass is 10.1. The Balaban J connectivity index is 2.86. The monoisotopic (exact) mass is 338 g/mol. The first-order valence-electron chi connectivity index (χ1n) is 8.35. The van der Waals surface area contributed by atoms with Crippen molar-refractivity contribution in [2.45, 2.75) is 59.0 Å². The van der Waals surface area contributed by atoms with E-state index in [1.54, 1.807) is 17.0 Å². The maximum Gasteiger partial charge on any atom is 0.242 e. The number of amides is 2. The fourth-order valence-electron chi connectivity index (χ4n) is 2.42. The van der Waals surface area contributed by atoms with Gasteiger partial charge < -0.3 is 10.2 Å². The molecule has 23 heavy (non-hydrogen) atoms. The number of nitrogens with one attached hydrogen (secondary N) is 1. The second kappa shape index (κ2) is 10.3. The molecule has 0 aromatic heterocycles. The summed E-state index contributed by atoms with van der Waals surface area (Å²) in [5.41, 5.74) is 0.969. The van der Waals surface area contributed by atoms with Crippen molar-refractivity contribution in [2.24, 2.45) is 0 Å². The van der Waals surface area contributed by atoms with Crippen molar-refractivity contribution >= 4 is 23.4 Å². The van der Waals surface area contributed by atoms with Crippen LogP contribution >= 0.6 is 11.6 Å². The molecule has 0 radical (unpaired) electrons. The Bertz CT molecular complexity index is 502. The van der Waals surface area contributed by atoms with Crippen LogP contribution in [-0.2, 0) is 16.1 Å². The number of benzene rings is 1. The van der Waals surface area contributed by atoms with E-state index in [2.05, 4.69) is 12.2 Å². The molecule has 0 aliphatic rings. The lowest BCUT2D eigenvalue weighted by Gasteiger charge is -2.30. The van der Waals surface area contributed by atoms with Crippen molar-refractivity contribution < 1.29 is 9.59 Å². The standard InChI is InChI=1S/C18H27ClN2O2/c1-4-7-12-20-18(23)16(5-2)21(17(22)6-3)13-14-8-10-15(19)11-9-14/h8-11,16H,4-7,12-13H2,1-3H3,(H,20,23)/t16-/m1/s1. The second-order valence-electron chi connectivity index (χ2n) is 5.57. The molecule has 0 fully saturated rings. The predicted octanol–water partition coefficient (Wildman–Crippen LogP) is 3.77. The summed E-state index contributed by atoms with van der Waals surface area (Å²) in [7, 11) is 0. The van der Waals surface area contributed by atoms with Gasteiger partial charge in [0.15, 0.2) is 0 Å². The van der Waals surface area contributed by atoms with Crippen LogP contribution in [-0.4, -0.2) is 29.3 Å². The molecule has 1 aromatic rings. The van der Waals surface area contributed by atoms with Gasteiger partial charge in [0, 0.05) is 24.5 Å². The van der Waals surface area contributed by atoms with E-state index in [1.165, 1.54) is 0 Å². The number of rotatable bonds is 9. The third kappa shape index (κ3) is 6.22. The van der Waals surface area contributed by atoms with Crippen molar-refractivity contribution in [3.05, 3.63) is 34.9 Å². The van der Waals surface area contributed by atoms with Gasteiger partial charge >= 0.3 is 0 Å². The minimum absolute atomic E-state index is 0.0163. The predicted molar refractivity (Wildman–Crippen MR) is 94.3 cm³/mol. The summed E-state index contributed by atoms with van der Waals surface area (Å²) in [5.74, 6) is -0.0887. The van der Waals surface area contributed by atoms with Crippen molar-refractivity contribution in [2.75, 3.05) is 6.54 Å². The van der Waals surface area contributed by atoms with Gasteiger partial charge in [0.1, 0.15) is 6.04 Å². The topological polar surface area (TPSA) is 49.4 Å². The number of nitrogens with zero attached hydrogens (tertiary/aromatic N) is 1. The van der Waals surface area contributed by atoms with E-state index in [0.29, 0.717) is 31.0 Å². The van der Waals surface area contributed by atoms with E-state index in [0.717, 1.165) is 18.4 Å². The highest BCUT2D eigenvalue weighted by Gasteiger charge is 2.27. The van der Waals surface area contributed by atoms with Crippen LogP contribution in [0.3, 0.4) is 0 Å². The van der Waals surface area contributed by atoms with E-state index in [4.69, 9.17) is 11.6 Å². The van der Waals surface area contributed by atoms with Gasteiger partial charge in [-0.25, -0.2) is 0 Å². The zero-order valence-electron chi connectivity index (χ0n) is 14.3. The molecule has 0 unspecified atom stereocenters. The van der Waals surface area contributed by atoms with Crippen LogP contribution < -0.4 is 5.32 Å². The van der Waals surface area contributed by atoms with Crippen molar-refractivity contribution in [3.63, 3.8) is 0 Å². The van der Waals surface area contributed by atoms with Gasteiger partial charge in [0.25, 0.3) is 0 Å². The molecular formula is C18H27ClN2O2. The summed E-state index contributed by atoms with van der Waals surface area (Å²) in [6, 6.07) is 6.94. The van der Waals surface area contributed by atoms with Gasteiger partial charge in [0.2, 0.25) is 11.8 Å².